The van der Waals surface area contributed by atoms with E-state index in [4.69, 9.17) is 9.72 Å². The molecule has 0 aliphatic carbocycles. The first kappa shape index (κ1) is 16.2. The van der Waals surface area contributed by atoms with Crippen LogP contribution >= 0.6 is 0 Å². The number of hydrogen-bond acceptors (Lipinski definition) is 4. The van der Waals surface area contributed by atoms with Crippen molar-refractivity contribution in [2.75, 3.05) is 13.7 Å². The Bertz CT molecular complexity index is 901. The summed E-state index contributed by atoms with van der Waals surface area (Å²) in [6.07, 6.45) is 0. The van der Waals surface area contributed by atoms with Crippen LogP contribution in [0.3, 0.4) is 0 Å². The maximum atomic E-state index is 13.1. The van der Waals surface area contributed by atoms with Crippen LogP contribution in [-0.4, -0.2) is 23.2 Å². The molecule has 0 aliphatic rings. The lowest BCUT2D eigenvalue weighted by Crippen LogP contribution is -2.30. The summed E-state index contributed by atoms with van der Waals surface area (Å²) in [7, 11) is 1.62. The highest BCUT2D eigenvalue weighted by atomic mass is 16.5. The number of para-hydroxylation sites is 1. The van der Waals surface area contributed by atoms with Gasteiger partial charge in [0.15, 0.2) is 0 Å². The predicted octanol–water partition coefficient (Wildman–Crippen LogP) is 3.06. The van der Waals surface area contributed by atoms with Crippen molar-refractivity contribution in [1.29, 1.82) is 0 Å². The molecule has 3 aromatic rings. The van der Waals surface area contributed by atoms with E-state index in [9.17, 15) is 4.79 Å². The number of benzene rings is 2. The first-order valence-electron chi connectivity index (χ1n) is 8.05. The molecular weight excluding hydrogens is 302 g/mol. The zero-order chi connectivity index (χ0) is 17.1. The summed E-state index contributed by atoms with van der Waals surface area (Å²) in [4.78, 5) is 17.8. The fourth-order valence-corrected chi connectivity index (χ4v) is 2.82. The largest absolute Gasteiger partial charge is 0.497 e. The molecule has 0 spiro atoms. The normalized spacial score (nSPS) is 12.3. The van der Waals surface area contributed by atoms with E-state index in [2.05, 4.69) is 5.32 Å². The van der Waals surface area contributed by atoms with Gasteiger partial charge >= 0.3 is 0 Å². The Morgan fingerprint density at radius 3 is 2.54 bits per heavy atom. The zero-order valence-electron chi connectivity index (χ0n) is 14.1. The van der Waals surface area contributed by atoms with Gasteiger partial charge in [-0.1, -0.05) is 19.1 Å². The fraction of sp³-hybridized carbons (Fsp3) is 0.263. The molecule has 124 valence electrons. The van der Waals surface area contributed by atoms with Gasteiger partial charge in [-0.05, 0) is 49.9 Å². The van der Waals surface area contributed by atoms with E-state index < -0.39 is 0 Å². The van der Waals surface area contributed by atoms with Crippen LogP contribution < -0.4 is 15.6 Å². The summed E-state index contributed by atoms with van der Waals surface area (Å²) < 4.78 is 6.88. The minimum atomic E-state index is -0.0643. The van der Waals surface area contributed by atoms with Gasteiger partial charge in [0, 0.05) is 0 Å². The van der Waals surface area contributed by atoms with Gasteiger partial charge < -0.3 is 10.1 Å². The second-order valence-electron chi connectivity index (χ2n) is 5.61. The molecule has 0 saturated carbocycles. The van der Waals surface area contributed by atoms with Crippen LogP contribution in [0.4, 0.5) is 0 Å². The third-order valence-electron chi connectivity index (χ3n) is 4.03. The Kier molecular flexibility index (Phi) is 4.62. The van der Waals surface area contributed by atoms with Crippen molar-refractivity contribution in [3.63, 3.8) is 0 Å². The second-order valence-corrected chi connectivity index (χ2v) is 5.61. The van der Waals surface area contributed by atoms with Gasteiger partial charge in [0.2, 0.25) is 0 Å². The van der Waals surface area contributed by atoms with Gasteiger partial charge in [-0.15, -0.1) is 0 Å². The molecule has 0 amide bonds. The Labute approximate surface area is 140 Å². The van der Waals surface area contributed by atoms with E-state index >= 15 is 0 Å². The summed E-state index contributed by atoms with van der Waals surface area (Å²) in [6.45, 7) is 4.85. The summed E-state index contributed by atoms with van der Waals surface area (Å²) >= 11 is 0. The molecule has 1 heterocycles. The maximum Gasteiger partial charge on any atom is 0.266 e. The van der Waals surface area contributed by atoms with Crippen molar-refractivity contribution in [1.82, 2.24) is 14.9 Å². The molecule has 0 radical (unpaired) electrons. The lowest BCUT2D eigenvalue weighted by Gasteiger charge is -2.19. The minimum Gasteiger partial charge on any atom is -0.497 e. The Morgan fingerprint density at radius 2 is 1.88 bits per heavy atom. The molecule has 2 aromatic carbocycles. The highest BCUT2D eigenvalue weighted by Gasteiger charge is 2.17. The molecule has 0 bridgehead atoms. The first-order chi connectivity index (χ1) is 11.7. The van der Waals surface area contributed by atoms with Crippen LogP contribution in [0.2, 0.25) is 0 Å². The Morgan fingerprint density at radius 1 is 1.17 bits per heavy atom. The SMILES string of the molecule is CCN[C@H](C)c1nc2ccccc2c(=O)n1-c1ccc(OC)cc1. The van der Waals surface area contributed by atoms with Crippen molar-refractivity contribution in [3.8, 4) is 11.4 Å². The van der Waals surface area contributed by atoms with Crippen LogP contribution in [0.25, 0.3) is 16.6 Å². The number of hydrogen-bond donors (Lipinski definition) is 1. The van der Waals surface area contributed by atoms with E-state index in [0.29, 0.717) is 16.7 Å². The molecule has 0 saturated heterocycles. The number of aromatic nitrogens is 2. The van der Waals surface area contributed by atoms with Crippen LogP contribution in [0.5, 0.6) is 5.75 Å². The first-order valence-corrected chi connectivity index (χ1v) is 8.05. The lowest BCUT2D eigenvalue weighted by molar-refractivity contribution is 0.414. The molecule has 5 heteroatoms. The second kappa shape index (κ2) is 6.84. The number of nitrogens with one attached hydrogen (secondary N) is 1. The number of rotatable bonds is 5. The van der Waals surface area contributed by atoms with Crippen LogP contribution in [0, 0.1) is 0 Å². The highest BCUT2D eigenvalue weighted by molar-refractivity contribution is 5.77. The summed E-state index contributed by atoms with van der Waals surface area (Å²) in [5.74, 6) is 1.45. The van der Waals surface area contributed by atoms with E-state index in [-0.39, 0.29) is 11.6 Å². The molecule has 3 rings (SSSR count). The van der Waals surface area contributed by atoms with Crippen molar-refractivity contribution in [2.45, 2.75) is 19.9 Å². The van der Waals surface area contributed by atoms with E-state index in [1.54, 1.807) is 11.7 Å². The molecule has 0 aliphatic heterocycles. The molecule has 5 nitrogen and oxygen atoms in total. The molecule has 0 unspecified atom stereocenters. The summed E-state index contributed by atoms with van der Waals surface area (Å²) in [5, 5.41) is 3.95. The number of ether oxygens (including phenoxy) is 1. The average Bonchev–Trinajstić information content (AvgIpc) is 2.62. The van der Waals surface area contributed by atoms with E-state index in [0.717, 1.165) is 18.0 Å². The van der Waals surface area contributed by atoms with Gasteiger partial charge in [-0.25, -0.2) is 4.98 Å². The Balaban J connectivity index is 2.27. The van der Waals surface area contributed by atoms with Gasteiger partial charge in [-0.2, -0.15) is 0 Å². The van der Waals surface area contributed by atoms with Crippen molar-refractivity contribution >= 4 is 10.9 Å². The van der Waals surface area contributed by atoms with Crippen molar-refractivity contribution < 1.29 is 4.74 Å². The van der Waals surface area contributed by atoms with Crippen LogP contribution in [0.15, 0.2) is 53.3 Å². The van der Waals surface area contributed by atoms with Gasteiger partial charge in [-0.3, -0.25) is 9.36 Å². The fourth-order valence-electron chi connectivity index (χ4n) is 2.82. The molecule has 0 fully saturated rings. The van der Waals surface area contributed by atoms with Gasteiger partial charge in [0.1, 0.15) is 11.6 Å². The van der Waals surface area contributed by atoms with Crippen molar-refractivity contribution in [3.05, 3.63) is 64.7 Å². The smallest absolute Gasteiger partial charge is 0.266 e. The average molecular weight is 323 g/mol. The van der Waals surface area contributed by atoms with Crippen LogP contribution in [-0.2, 0) is 0 Å². The van der Waals surface area contributed by atoms with Crippen molar-refractivity contribution in [2.24, 2.45) is 0 Å². The quantitative estimate of drug-likeness (QED) is 0.784. The standard InChI is InChI=1S/C19H21N3O2/c1-4-20-13(2)18-21-17-8-6-5-7-16(17)19(23)22(18)14-9-11-15(24-3)12-10-14/h5-13,20H,4H2,1-3H3/t13-/m1/s1. The van der Waals surface area contributed by atoms with E-state index in [1.165, 1.54) is 0 Å². The number of nitrogens with zero attached hydrogens (tertiary/aromatic N) is 2. The molecule has 24 heavy (non-hydrogen) atoms. The molecule has 1 N–H and O–H groups in total. The Hall–Kier alpha value is -2.66. The zero-order valence-corrected chi connectivity index (χ0v) is 14.1. The third-order valence-corrected chi connectivity index (χ3v) is 4.03. The van der Waals surface area contributed by atoms with E-state index in [1.807, 2.05) is 62.4 Å². The molecular formula is C19H21N3O2. The monoisotopic (exact) mass is 323 g/mol. The summed E-state index contributed by atoms with van der Waals surface area (Å²) in [5.41, 5.74) is 1.43. The third kappa shape index (κ3) is 2.90. The van der Waals surface area contributed by atoms with Crippen LogP contribution in [0.1, 0.15) is 25.7 Å². The minimum absolute atomic E-state index is 0.0468. The molecule has 1 aromatic heterocycles. The topological polar surface area (TPSA) is 56.2 Å². The number of fused-ring (bicyclic) bond motifs is 1. The number of methoxy groups -OCH3 is 1. The predicted molar refractivity (Wildman–Crippen MR) is 96.0 cm³/mol. The lowest BCUT2D eigenvalue weighted by atomic mass is 10.2. The summed E-state index contributed by atoms with van der Waals surface area (Å²) in [6, 6.07) is 14.8. The molecule has 1 atom stereocenters. The highest BCUT2D eigenvalue weighted by Crippen LogP contribution is 2.20. The van der Waals surface area contributed by atoms with Gasteiger partial charge in [0.05, 0.1) is 29.7 Å². The maximum absolute atomic E-state index is 13.1. The van der Waals surface area contributed by atoms with Gasteiger partial charge in [0.25, 0.3) is 5.56 Å².